The second-order valence-electron chi connectivity index (χ2n) is 3.03. The predicted octanol–water partition coefficient (Wildman–Crippen LogP) is 2.69. The van der Waals surface area contributed by atoms with Gasteiger partial charge in [0.25, 0.3) is 6.43 Å². The number of halogens is 5. The minimum Gasteiger partial charge on any atom is -0.503 e. The Hall–Kier alpha value is -2.11. The van der Waals surface area contributed by atoms with Crippen molar-refractivity contribution < 1.29 is 31.8 Å². The van der Waals surface area contributed by atoms with Crippen LogP contribution in [0.15, 0.2) is 6.07 Å². The summed E-state index contributed by atoms with van der Waals surface area (Å²) in [5, 5.41) is 17.5. The first-order valence-electron chi connectivity index (χ1n) is 4.38. The molecule has 0 fully saturated rings. The zero-order chi connectivity index (χ0) is 13.9. The molecule has 0 aliphatic carbocycles. The van der Waals surface area contributed by atoms with Gasteiger partial charge in [-0.3, -0.25) is 0 Å². The Balaban J connectivity index is 3.27. The highest BCUT2D eigenvalue weighted by atomic mass is 19.4. The van der Waals surface area contributed by atoms with Gasteiger partial charge in [-0.25, -0.2) is 13.8 Å². The summed E-state index contributed by atoms with van der Waals surface area (Å²) in [6.45, 7) is 0. The number of hydrogen-bond acceptors (Lipinski definition) is 4. The van der Waals surface area contributed by atoms with Gasteiger partial charge < -0.3 is 9.84 Å². The number of ether oxygens (including phenoxy) is 1. The van der Waals surface area contributed by atoms with E-state index in [1.165, 1.54) is 6.07 Å². The number of nitrogens with zero attached hydrogens (tertiary/aromatic N) is 2. The molecule has 0 radical (unpaired) electrons. The van der Waals surface area contributed by atoms with Crippen molar-refractivity contribution in [2.75, 3.05) is 0 Å². The number of nitriles is 1. The van der Waals surface area contributed by atoms with Crippen molar-refractivity contribution in [3.05, 3.63) is 17.5 Å². The molecular weight excluding hydrogens is 263 g/mol. The molecule has 0 aliphatic rings. The fraction of sp³-hybridized carbons (Fsp3) is 0.333. The van der Waals surface area contributed by atoms with E-state index in [2.05, 4.69) is 9.72 Å². The summed E-state index contributed by atoms with van der Waals surface area (Å²) in [5.41, 5.74) is -1.62. The molecule has 0 unspecified atom stereocenters. The highest BCUT2D eigenvalue weighted by Gasteiger charge is 2.34. The average Bonchev–Trinajstić information content (AvgIpc) is 2.20. The Kier molecular flexibility index (Phi) is 3.90. The lowest BCUT2D eigenvalue weighted by Crippen LogP contribution is -2.18. The van der Waals surface area contributed by atoms with Crippen molar-refractivity contribution in [3.8, 4) is 17.6 Å². The molecule has 0 atom stereocenters. The number of hydrogen-bond donors (Lipinski definition) is 1. The van der Waals surface area contributed by atoms with E-state index >= 15 is 0 Å². The van der Waals surface area contributed by atoms with Gasteiger partial charge in [0.05, 0.1) is 18.2 Å². The topological polar surface area (TPSA) is 66.1 Å². The lowest BCUT2D eigenvalue weighted by Gasteiger charge is -2.13. The highest BCUT2D eigenvalue weighted by Crippen LogP contribution is 2.38. The number of aromatic nitrogens is 1. The van der Waals surface area contributed by atoms with E-state index in [9.17, 15) is 22.0 Å². The first-order chi connectivity index (χ1) is 8.24. The molecule has 1 aromatic heterocycles. The van der Waals surface area contributed by atoms with Crippen LogP contribution in [0.4, 0.5) is 22.0 Å². The number of pyridine rings is 1. The predicted molar refractivity (Wildman–Crippen MR) is 46.9 cm³/mol. The molecular formula is C9H5F5N2O2. The van der Waals surface area contributed by atoms with E-state index in [4.69, 9.17) is 10.4 Å². The Bertz CT molecular complexity index is 481. The van der Waals surface area contributed by atoms with Gasteiger partial charge in [0.1, 0.15) is 0 Å². The summed E-state index contributed by atoms with van der Waals surface area (Å²) in [6.07, 6.45) is -8.93. The zero-order valence-electron chi connectivity index (χ0n) is 8.50. The summed E-state index contributed by atoms with van der Waals surface area (Å²) < 4.78 is 64.1. The van der Waals surface area contributed by atoms with Crippen molar-refractivity contribution in [3.63, 3.8) is 0 Å². The molecule has 0 aliphatic heterocycles. The van der Waals surface area contributed by atoms with E-state index in [-0.39, 0.29) is 5.69 Å². The SMILES string of the molecule is N#CCc1cc(OC(F)(F)F)c(O)c(C(F)F)n1. The van der Waals surface area contributed by atoms with Gasteiger partial charge in [-0.15, -0.1) is 13.2 Å². The van der Waals surface area contributed by atoms with Crippen LogP contribution in [0, 0.1) is 11.3 Å². The van der Waals surface area contributed by atoms with Crippen molar-refractivity contribution >= 4 is 0 Å². The molecule has 1 aromatic rings. The van der Waals surface area contributed by atoms with Gasteiger partial charge in [-0.2, -0.15) is 5.26 Å². The second kappa shape index (κ2) is 5.03. The molecule has 98 valence electrons. The van der Waals surface area contributed by atoms with Crippen LogP contribution in [0.3, 0.4) is 0 Å². The smallest absolute Gasteiger partial charge is 0.503 e. The maximum absolute atomic E-state index is 12.4. The van der Waals surface area contributed by atoms with E-state index in [0.29, 0.717) is 6.07 Å². The van der Waals surface area contributed by atoms with E-state index < -0.39 is 36.4 Å². The minimum absolute atomic E-state index is 0.357. The molecule has 0 amide bonds. The molecule has 0 spiro atoms. The number of alkyl halides is 5. The molecule has 0 bridgehead atoms. The van der Waals surface area contributed by atoms with Crippen LogP contribution in [-0.2, 0) is 6.42 Å². The summed E-state index contributed by atoms with van der Waals surface area (Å²) in [5.74, 6) is -2.61. The molecule has 4 nitrogen and oxygen atoms in total. The van der Waals surface area contributed by atoms with Crippen LogP contribution in [0.2, 0.25) is 0 Å². The Morgan fingerprint density at radius 2 is 2.06 bits per heavy atom. The molecule has 1 heterocycles. The zero-order valence-corrected chi connectivity index (χ0v) is 8.50. The fourth-order valence-corrected chi connectivity index (χ4v) is 1.11. The number of aromatic hydroxyl groups is 1. The largest absolute Gasteiger partial charge is 0.573 e. The third kappa shape index (κ3) is 3.44. The first-order valence-corrected chi connectivity index (χ1v) is 4.38. The lowest BCUT2D eigenvalue weighted by atomic mass is 10.2. The van der Waals surface area contributed by atoms with E-state index in [1.54, 1.807) is 0 Å². The summed E-state index contributed by atoms with van der Waals surface area (Å²) in [4.78, 5) is 3.18. The normalized spacial score (nSPS) is 11.4. The maximum atomic E-state index is 12.4. The van der Waals surface area contributed by atoms with Crippen molar-refractivity contribution in [2.45, 2.75) is 19.2 Å². The van der Waals surface area contributed by atoms with Gasteiger partial charge >= 0.3 is 6.36 Å². The Morgan fingerprint density at radius 1 is 1.44 bits per heavy atom. The van der Waals surface area contributed by atoms with Crippen molar-refractivity contribution in [1.82, 2.24) is 4.98 Å². The van der Waals surface area contributed by atoms with Crippen molar-refractivity contribution in [1.29, 1.82) is 5.26 Å². The minimum atomic E-state index is -5.15. The van der Waals surface area contributed by atoms with Crippen LogP contribution >= 0.6 is 0 Å². The summed E-state index contributed by atoms with van der Waals surface area (Å²) >= 11 is 0. The van der Waals surface area contributed by atoms with Crippen molar-refractivity contribution in [2.24, 2.45) is 0 Å². The lowest BCUT2D eigenvalue weighted by molar-refractivity contribution is -0.275. The molecule has 1 rings (SSSR count). The quantitative estimate of drug-likeness (QED) is 0.856. The summed E-state index contributed by atoms with van der Waals surface area (Å²) in [6, 6.07) is 2.12. The maximum Gasteiger partial charge on any atom is 0.573 e. The summed E-state index contributed by atoms with van der Waals surface area (Å²) in [7, 11) is 0. The van der Waals surface area contributed by atoms with E-state index in [1.807, 2.05) is 0 Å². The van der Waals surface area contributed by atoms with Crippen LogP contribution in [0.5, 0.6) is 11.5 Å². The van der Waals surface area contributed by atoms with E-state index in [0.717, 1.165) is 0 Å². The third-order valence-corrected chi connectivity index (χ3v) is 1.73. The standard InChI is InChI=1S/C9H5F5N2O2/c10-8(11)6-7(17)5(18-9(12,13)14)3-4(16-6)1-2-15/h3,8,17H,1H2. The molecule has 9 heteroatoms. The van der Waals surface area contributed by atoms with Crippen LogP contribution in [-0.4, -0.2) is 16.5 Å². The van der Waals surface area contributed by atoms with Crippen LogP contribution < -0.4 is 4.74 Å². The van der Waals surface area contributed by atoms with Gasteiger partial charge in [0.15, 0.2) is 17.2 Å². The fourth-order valence-electron chi connectivity index (χ4n) is 1.11. The second-order valence-corrected chi connectivity index (χ2v) is 3.03. The molecule has 1 N–H and O–H groups in total. The molecule has 0 saturated carbocycles. The molecule has 0 aromatic carbocycles. The monoisotopic (exact) mass is 268 g/mol. The van der Waals surface area contributed by atoms with Gasteiger partial charge in [0, 0.05) is 6.07 Å². The number of rotatable bonds is 3. The van der Waals surface area contributed by atoms with Gasteiger partial charge in [-0.1, -0.05) is 0 Å². The average molecular weight is 268 g/mol. The Morgan fingerprint density at radius 3 is 2.50 bits per heavy atom. The van der Waals surface area contributed by atoms with Gasteiger partial charge in [-0.05, 0) is 0 Å². The first kappa shape index (κ1) is 14.0. The van der Waals surface area contributed by atoms with Crippen LogP contribution in [0.1, 0.15) is 17.8 Å². The van der Waals surface area contributed by atoms with Crippen LogP contribution in [0.25, 0.3) is 0 Å². The Labute approximate surface area is 97.2 Å². The highest BCUT2D eigenvalue weighted by molar-refractivity contribution is 5.44. The third-order valence-electron chi connectivity index (χ3n) is 1.73. The molecule has 0 saturated heterocycles. The molecule has 18 heavy (non-hydrogen) atoms. The van der Waals surface area contributed by atoms with Gasteiger partial charge in [0.2, 0.25) is 0 Å².